The molecule has 0 saturated carbocycles. The Morgan fingerprint density at radius 3 is 2.66 bits per heavy atom. The lowest BCUT2D eigenvalue weighted by Gasteiger charge is -2.23. The van der Waals surface area contributed by atoms with Crippen LogP contribution >= 0.6 is 11.6 Å². The summed E-state index contributed by atoms with van der Waals surface area (Å²) >= 11 is 6.25. The Bertz CT molecular complexity index is 881. The molecule has 0 fully saturated rings. The van der Waals surface area contributed by atoms with Crippen LogP contribution in [0.4, 0.5) is 0 Å². The molecule has 1 atom stereocenters. The normalized spacial score (nSPS) is 16.1. The molecule has 29 heavy (non-hydrogen) atoms. The van der Waals surface area contributed by atoms with E-state index >= 15 is 0 Å². The van der Waals surface area contributed by atoms with E-state index in [-0.39, 0.29) is 0 Å². The molecule has 2 aromatic rings. The Morgan fingerprint density at radius 2 is 1.90 bits per heavy atom. The largest absolute Gasteiger partial charge is 0.371 e. The molecule has 0 radical (unpaired) electrons. The van der Waals surface area contributed by atoms with Gasteiger partial charge in [0.05, 0.1) is 12.3 Å². The first kappa shape index (κ1) is 21.3. The SMILES string of the molecule is CCOOCc1ccc(CCNC2=CC(c3cccc(Cl)c3C)=NC(N)N2)cc1. The van der Waals surface area contributed by atoms with Crippen LogP contribution in [0.3, 0.4) is 0 Å². The highest BCUT2D eigenvalue weighted by Crippen LogP contribution is 2.21. The molecule has 1 aliphatic rings. The van der Waals surface area contributed by atoms with Gasteiger partial charge in [-0.15, -0.1) is 0 Å². The van der Waals surface area contributed by atoms with Gasteiger partial charge < -0.3 is 10.6 Å². The summed E-state index contributed by atoms with van der Waals surface area (Å²) in [5, 5.41) is 7.27. The zero-order valence-corrected chi connectivity index (χ0v) is 17.5. The minimum Gasteiger partial charge on any atom is -0.371 e. The summed E-state index contributed by atoms with van der Waals surface area (Å²) in [6.07, 6.45) is 2.35. The Balaban J connectivity index is 1.57. The van der Waals surface area contributed by atoms with E-state index in [0.29, 0.717) is 13.2 Å². The van der Waals surface area contributed by atoms with Crippen LogP contribution in [0.1, 0.15) is 29.2 Å². The van der Waals surface area contributed by atoms with Gasteiger partial charge >= 0.3 is 0 Å². The summed E-state index contributed by atoms with van der Waals surface area (Å²) in [7, 11) is 0. The second-order valence-electron chi connectivity index (χ2n) is 6.74. The number of nitrogens with one attached hydrogen (secondary N) is 2. The molecule has 0 saturated heterocycles. The molecule has 4 N–H and O–H groups in total. The van der Waals surface area contributed by atoms with Crippen LogP contribution in [0.25, 0.3) is 0 Å². The van der Waals surface area contributed by atoms with E-state index in [9.17, 15) is 0 Å². The van der Waals surface area contributed by atoms with E-state index in [2.05, 4.69) is 39.9 Å². The van der Waals surface area contributed by atoms with E-state index in [1.54, 1.807) is 0 Å². The number of halogens is 1. The Kier molecular flexibility index (Phi) is 7.66. The van der Waals surface area contributed by atoms with E-state index in [1.165, 1.54) is 5.56 Å². The van der Waals surface area contributed by atoms with Gasteiger partial charge in [-0.3, -0.25) is 5.73 Å². The molecule has 0 bridgehead atoms. The van der Waals surface area contributed by atoms with Crippen LogP contribution in [0.2, 0.25) is 5.02 Å². The lowest BCUT2D eigenvalue weighted by Crippen LogP contribution is -2.43. The number of hydrogen-bond acceptors (Lipinski definition) is 6. The number of nitrogens with two attached hydrogens (primary N) is 1. The summed E-state index contributed by atoms with van der Waals surface area (Å²) in [4.78, 5) is 14.5. The van der Waals surface area contributed by atoms with Gasteiger partial charge in [-0.2, -0.15) is 0 Å². The first-order chi connectivity index (χ1) is 14.1. The zero-order valence-electron chi connectivity index (χ0n) is 16.7. The fourth-order valence-corrected chi connectivity index (χ4v) is 3.20. The van der Waals surface area contributed by atoms with Gasteiger partial charge in [-0.1, -0.05) is 48.0 Å². The maximum Gasteiger partial charge on any atom is 0.173 e. The van der Waals surface area contributed by atoms with E-state index in [0.717, 1.165) is 46.2 Å². The van der Waals surface area contributed by atoms with Crippen LogP contribution in [0.5, 0.6) is 0 Å². The predicted octanol–water partition coefficient (Wildman–Crippen LogP) is 3.42. The van der Waals surface area contributed by atoms with Crippen LogP contribution in [0.15, 0.2) is 59.4 Å². The lowest BCUT2D eigenvalue weighted by molar-refractivity contribution is -0.300. The summed E-state index contributed by atoms with van der Waals surface area (Å²) in [5.74, 6) is 0.851. The fraction of sp³-hybridized carbons (Fsp3) is 0.318. The van der Waals surface area contributed by atoms with Gasteiger partial charge in [0, 0.05) is 23.2 Å². The average Bonchev–Trinajstić information content (AvgIpc) is 2.71. The highest BCUT2D eigenvalue weighted by molar-refractivity contribution is 6.32. The van der Waals surface area contributed by atoms with Crippen molar-refractivity contribution in [1.29, 1.82) is 0 Å². The number of aliphatic imine (C=N–C) groups is 1. The maximum absolute atomic E-state index is 6.25. The van der Waals surface area contributed by atoms with E-state index in [4.69, 9.17) is 27.1 Å². The van der Waals surface area contributed by atoms with Gasteiger partial charge in [-0.25, -0.2) is 14.8 Å². The second-order valence-corrected chi connectivity index (χ2v) is 7.14. The first-order valence-corrected chi connectivity index (χ1v) is 10.1. The molecule has 6 nitrogen and oxygen atoms in total. The van der Waals surface area contributed by atoms with E-state index < -0.39 is 6.29 Å². The monoisotopic (exact) mass is 414 g/mol. The van der Waals surface area contributed by atoms with Crippen molar-refractivity contribution in [2.75, 3.05) is 13.2 Å². The van der Waals surface area contributed by atoms with Crippen molar-refractivity contribution in [2.24, 2.45) is 10.7 Å². The van der Waals surface area contributed by atoms with Crippen molar-refractivity contribution in [3.8, 4) is 0 Å². The molecule has 1 heterocycles. The Morgan fingerprint density at radius 1 is 1.14 bits per heavy atom. The lowest BCUT2D eigenvalue weighted by atomic mass is 10.0. The first-order valence-electron chi connectivity index (χ1n) is 9.70. The van der Waals surface area contributed by atoms with Gasteiger partial charge in [0.2, 0.25) is 0 Å². The Labute approximate surface area is 176 Å². The molecule has 1 unspecified atom stereocenters. The molecule has 0 aliphatic carbocycles. The molecular formula is C22H27ClN4O2. The summed E-state index contributed by atoms with van der Waals surface area (Å²) < 4.78 is 0. The van der Waals surface area contributed by atoms with Crippen LogP contribution in [0, 0.1) is 6.92 Å². The summed E-state index contributed by atoms with van der Waals surface area (Å²) in [5.41, 5.74) is 11.2. The molecular weight excluding hydrogens is 388 g/mol. The second kappa shape index (κ2) is 10.4. The zero-order chi connectivity index (χ0) is 20.6. The van der Waals surface area contributed by atoms with Crippen LogP contribution in [-0.4, -0.2) is 25.2 Å². The third-order valence-electron chi connectivity index (χ3n) is 4.59. The number of hydrogen-bond donors (Lipinski definition) is 3. The molecule has 0 spiro atoms. The smallest absolute Gasteiger partial charge is 0.173 e. The third-order valence-corrected chi connectivity index (χ3v) is 4.99. The fourth-order valence-electron chi connectivity index (χ4n) is 3.03. The quantitative estimate of drug-likeness (QED) is 0.333. The highest BCUT2D eigenvalue weighted by Gasteiger charge is 2.15. The minimum absolute atomic E-state index is 0.450. The summed E-state index contributed by atoms with van der Waals surface area (Å²) in [6.45, 7) is 5.64. The molecule has 2 aromatic carbocycles. The molecule has 0 aromatic heterocycles. The molecule has 7 heteroatoms. The third kappa shape index (κ3) is 6.05. The van der Waals surface area contributed by atoms with Crippen LogP contribution < -0.4 is 16.4 Å². The van der Waals surface area contributed by atoms with Crippen molar-refractivity contribution in [2.45, 2.75) is 33.2 Å². The highest BCUT2D eigenvalue weighted by atomic mass is 35.5. The minimum atomic E-state index is -0.500. The van der Waals surface area contributed by atoms with Gasteiger partial charge in [-0.05, 0) is 43.0 Å². The van der Waals surface area contributed by atoms with Crippen molar-refractivity contribution < 1.29 is 9.78 Å². The predicted molar refractivity (Wildman–Crippen MR) is 116 cm³/mol. The van der Waals surface area contributed by atoms with Crippen molar-refractivity contribution >= 4 is 17.3 Å². The standard InChI is InChI=1S/C22H27ClN4O2/c1-3-28-29-14-17-9-7-16(8-10-17)11-12-25-21-13-20(26-22(24)27-21)18-5-4-6-19(23)15(18)2/h4-10,13,22,25,27H,3,11-12,14,24H2,1-2H3. The molecule has 154 valence electrons. The molecule has 0 amide bonds. The number of rotatable bonds is 9. The molecule has 1 aliphatic heterocycles. The average molecular weight is 415 g/mol. The van der Waals surface area contributed by atoms with Gasteiger partial charge in [0.15, 0.2) is 6.29 Å². The van der Waals surface area contributed by atoms with Gasteiger partial charge in [0.1, 0.15) is 12.4 Å². The van der Waals surface area contributed by atoms with Crippen molar-refractivity contribution in [1.82, 2.24) is 10.6 Å². The van der Waals surface area contributed by atoms with Gasteiger partial charge in [0.25, 0.3) is 0 Å². The number of allylic oxidation sites excluding steroid dienone is 1. The molecule has 3 rings (SSSR count). The van der Waals surface area contributed by atoms with Crippen molar-refractivity contribution in [3.05, 3.63) is 81.6 Å². The number of nitrogens with zero attached hydrogens (tertiary/aromatic N) is 1. The van der Waals surface area contributed by atoms with Crippen molar-refractivity contribution in [3.63, 3.8) is 0 Å². The Hall–Kier alpha value is -2.38. The number of benzene rings is 2. The topological polar surface area (TPSA) is 80.9 Å². The van der Waals surface area contributed by atoms with Crippen LogP contribution in [-0.2, 0) is 22.8 Å². The van der Waals surface area contributed by atoms with E-state index in [1.807, 2.05) is 38.1 Å². The maximum atomic E-state index is 6.25. The summed E-state index contributed by atoms with van der Waals surface area (Å²) in [6, 6.07) is 14.1.